The lowest BCUT2D eigenvalue weighted by atomic mass is 10.1. The molecule has 1 aromatic heterocycles. The predicted octanol–water partition coefficient (Wildman–Crippen LogP) is 2.14. The highest BCUT2D eigenvalue weighted by molar-refractivity contribution is 5.63. The second-order valence-electron chi connectivity index (χ2n) is 5.10. The lowest BCUT2D eigenvalue weighted by molar-refractivity contribution is 0.342. The Morgan fingerprint density at radius 1 is 1.47 bits per heavy atom. The van der Waals surface area contributed by atoms with Crippen LogP contribution in [0.25, 0.3) is 5.70 Å². The minimum absolute atomic E-state index is 0.0538. The van der Waals surface area contributed by atoms with Crippen molar-refractivity contribution in [3.05, 3.63) is 24.0 Å². The monoisotopic (exact) mass is 205 g/mol. The summed E-state index contributed by atoms with van der Waals surface area (Å²) >= 11 is 0. The first-order chi connectivity index (χ1) is 7.00. The molecule has 3 heteroatoms. The number of fused-ring (bicyclic) bond motifs is 1. The average Bonchev–Trinajstić information content (AvgIpc) is 2.48. The van der Waals surface area contributed by atoms with Crippen molar-refractivity contribution in [3.8, 4) is 0 Å². The Morgan fingerprint density at radius 3 is 2.87 bits per heavy atom. The fourth-order valence-corrected chi connectivity index (χ4v) is 2.03. The Kier molecular flexibility index (Phi) is 2.33. The maximum absolute atomic E-state index is 4.48. The second-order valence-corrected chi connectivity index (χ2v) is 5.10. The summed E-state index contributed by atoms with van der Waals surface area (Å²) in [5.74, 6) is 0. The van der Waals surface area contributed by atoms with Crippen LogP contribution >= 0.6 is 0 Å². The van der Waals surface area contributed by atoms with E-state index >= 15 is 0 Å². The van der Waals surface area contributed by atoms with Gasteiger partial charge in [0, 0.05) is 23.5 Å². The van der Waals surface area contributed by atoms with E-state index in [4.69, 9.17) is 0 Å². The molecule has 1 N–H and O–H groups in total. The minimum atomic E-state index is 0.0538. The lowest BCUT2D eigenvalue weighted by Gasteiger charge is -2.22. The SMILES string of the molecule is C=C1NCCCc2c1cnn2C(C)(C)C. The van der Waals surface area contributed by atoms with E-state index in [1.54, 1.807) is 0 Å². The molecule has 0 amide bonds. The summed E-state index contributed by atoms with van der Waals surface area (Å²) in [6.45, 7) is 11.6. The molecule has 0 aromatic carbocycles. The number of hydrogen-bond acceptors (Lipinski definition) is 2. The highest BCUT2D eigenvalue weighted by Gasteiger charge is 2.22. The van der Waals surface area contributed by atoms with Crippen molar-refractivity contribution in [2.75, 3.05) is 6.54 Å². The van der Waals surface area contributed by atoms with Gasteiger partial charge in [-0.05, 0) is 33.6 Å². The predicted molar refractivity (Wildman–Crippen MR) is 62.6 cm³/mol. The third-order valence-corrected chi connectivity index (χ3v) is 2.76. The van der Waals surface area contributed by atoms with E-state index in [0.717, 1.165) is 25.1 Å². The van der Waals surface area contributed by atoms with E-state index in [1.165, 1.54) is 11.3 Å². The Labute approximate surface area is 91.2 Å². The van der Waals surface area contributed by atoms with Gasteiger partial charge in [0.05, 0.1) is 11.7 Å². The molecule has 0 atom stereocenters. The summed E-state index contributed by atoms with van der Waals surface area (Å²) in [5.41, 5.74) is 3.57. The van der Waals surface area contributed by atoms with Crippen LogP contribution in [0.1, 0.15) is 38.4 Å². The van der Waals surface area contributed by atoms with Gasteiger partial charge in [0.25, 0.3) is 0 Å². The molecule has 0 saturated carbocycles. The fourth-order valence-electron chi connectivity index (χ4n) is 2.03. The van der Waals surface area contributed by atoms with Crippen LogP contribution in [0.5, 0.6) is 0 Å². The summed E-state index contributed by atoms with van der Waals surface area (Å²) in [4.78, 5) is 0. The molecule has 0 bridgehead atoms. The summed E-state index contributed by atoms with van der Waals surface area (Å²) in [6.07, 6.45) is 4.16. The van der Waals surface area contributed by atoms with E-state index < -0.39 is 0 Å². The summed E-state index contributed by atoms with van der Waals surface area (Å²) in [7, 11) is 0. The highest BCUT2D eigenvalue weighted by atomic mass is 15.3. The fraction of sp³-hybridized carbons (Fsp3) is 0.583. The molecule has 0 aliphatic carbocycles. The van der Waals surface area contributed by atoms with Gasteiger partial charge >= 0.3 is 0 Å². The van der Waals surface area contributed by atoms with Gasteiger partial charge in [0.15, 0.2) is 0 Å². The van der Waals surface area contributed by atoms with Crippen LogP contribution in [0, 0.1) is 0 Å². The molecule has 1 aromatic rings. The van der Waals surface area contributed by atoms with Gasteiger partial charge in [-0.2, -0.15) is 5.10 Å². The topological polar surface area (TPSA) is 29.9 Å². The molecule has 0 unspecified atom stereocenters. The molecule has 0 spiro atoms. The van der Waals surface area contributed by atoms with Crippen LogP contribution in [0.4, 0.5) is 0 Å². The van der Waals surface area contributed by atoms with E-state index in [9.17, 15) is 0 Å². The molecular weight excluding hydrogens is 186 g/mol. The van der Waals surface area contributed by atoms with Gasteiger partial charge in [-0.15, -0.1) is 0 Å². The lowest BCUT2D eigenvalue weighted by Crippen LogP contribution is -2.25. The van der Waals surface area contributed by atoms with Crippen molar-refractivity contribution >= 4 is 5.70 Å². The molecule has 3 nitrogen and oxygen atoms in total. The van der Waals surface area contributed by atoms with Crippen LogP contribution in [0.2, 0.25) is 0 Å². The van der Waals surface area contributed by atoms with Crippen LogP contribution in [0.3, 0.4) is 0 Å². The molecule has 1 aliphatic rings. The van der Waals surface area contributed by atoms with Crippen LogP contribution in [-0.2, 0) is 12.0 Å². The van der Waals surface area contributed by atoms with Crippen molar-refractivity contribution in [2.24, 2.45) is 0 Å². The van der Waals surface area contributed by atoms with Gasteiger partial charge in [0.1, 0.15) is 0 Å². The van der Waals surface area contributed by atoms with Crippen LogP contribution in [-0.4, -0.2) is 16.3 Å². The van der Waals surface area contributed by atoms with Crippen molar-refractivity contribution in [2.45, 2.75) is 39.2 Å². The molecule has 1 aliphatic heterocycles. The van der Waals surface area contributed by atoms with Gasteiger partial charge in [-0.1, -0.05) is 6.58 Å². The molecule has 2 heterocycles. The standard InChI is InChI=1S/C12H19N3/c1-9-10-8-14-15(12(2,3)4)11(10)6-5-7-13-9/h8,13H,1,5-7H2,2-4H3. The highest BCUT2D eigenvalue weighted by Crippen LogP contribution is 2.25. The smallest absolute Gasteiger partial charge is 0.0586 e. The summed E-state index contributed by atoms with van der Waals surface area (Å²) in [6, 6.07) is 0. The van der Waals surface area contributed by atoms with Crippen molar-refractivity contribution in [1.82, 2.24) is 15.1 Å². The number of rotatable bonds is 0. The van der Waals surface area contributed by atoms with Gasteiger partial charge in [0.2, 0.25) is 0 Å². The van der Waals surface area contributed by atoms with Gasteiger partial charge in [-0.3, -0.25) is 4.68 Å². The normalized spacial score (nSPS) is 16.9. The number of nitrogens with one attached hydrogen (secondary N) is 1. The van der Waals surface area contributed by atoms with E-state index in [1.807, 2.05) is 6.20 Å². The first-order valence-corrected chi connectivity index (χ1v) is 5.50. The molecule has 82 valence electrons. The molecule has 0 saturated heterocycles. The molecule has 0 fully saturated rings. The molecule has 15 heavy (non-hydrogen) atoms. The molecule has 2 rings (SSSR count). The number of hydrogen-bond donors (Lipinski definition) is 1. The van der Waals surface area contributed by atoms with Gasteiger partial charge in [-0.25, -0.2) is 0 Å². The van der Waals surface area contributed by atoms with Crippen LogP contribution in [0.15, 0.2) is 12.8 Å². The Bertz CT molecular complexity index is 382. The largest absolute Gasteiger partial charge is 0.385 e. The minimum Gasteiger partial charge on any atom is -0.385 e. The van der Waals surface area contributed by atoms with Crippen molar-refractivity contribution in [1.29, 1.82) is 0 Å². The Morgan fingerprint density at radius 2 is 2.20 bits per heavy atom. The maximum Gasteiger partial charge on any atom is 0.0586 e. The Hall–Kier alpha value is -1.25. The molecular formula is C12H19N3. The second kappa shape index (κ2) is 3.40. The third kappa shape index (κ3) is 1.78. The van der Waals surface area contributed by atoms with E-state index in [0.29, 0.717) is 0 Å². The average molecular weight is 205 g/mol. The van der Waals surface area contributed by atoms with Gasteiger partial charge < -0.3 is 5.32 Å². The zero-order valence-electron chi connectivity index (χ0n) is 9.80. The number of aromatic nitrogens is 2. The van der Waals surface area contributed by atoms with Crippen LogP contribution < -0.4 is 5.32 Å². The number of nitrogens with zero attached hydrogens (tertiary/aromatic N) is 2. The zero-order valence-corrected chi connectivity index (χ0v) is 9.80. The van der Waals surface area contributed by atoms with Crippen molar-refractivity contribution in [3.63, 3.8) is 0 Å². The summed E-state index contributed by atoms with van der Waals surface area (Å²) < 4.78 is 2.13. The quantitative estimate of drug-likeness (QED) is 0.703. The first kappa shape index (κ1) is 10.3. The van der Waals surface area contributed by atoms with E-state index in [2.05, 4.69) is 42.4 Å². The molecule has 0 radical (unpaired) electrons. The Balaban J connectivity index is 2.49. The van der Waals surface area contributed by atoms with E-state index in [-0.39, 0.29) is 5.54 Å². The first-order valence-electron chi connectivity index (χ1n) is 5.50. The maximum atomic E-state index is 4.48. The zero-order chi connectivity index (χ0) is 11.1. The summed E-state index contributed by atoms with van der Waals surface area (Å²) in [5, 5.41) is 7.79. The third-order valence-electron chi connectivity index (χ3n) is 2.76. The van der Waals surface area contributed by atoms with Crippen molar-refractivity contribution < 1.29 is 0 Å².